The molecule has 0 radical (unpaired) electrons. The van der Waals surface area contributed by atoms with Crippen molar-refractivity contribution >= 4 is 10.9 Å². The van der Waals surface area contributed by atoms with E-state index in [2.05, 4.69) is 53.0 Å². The van der Waals surface area contributed by atoms with Crippen molar-refractivity contribution in [2.24, 2.45) is 0 Å². The molecule has 2 heterocycles. The number of hydrogen-bond donors (Lipinski definition) is 0. The molecule has 0 N–H and O–H groups in total. The average Bonchev–Trinajstić information content (AvgIpc) is 2.73. The molecule has 1 heteroatoms. The molecule has 1 aromatic carbocycles. The van der Waals surface area contributed by atoms with Crippen molar-refractivity contribution in [2.75, 3.05) is 0 Å². The fraction of sp³-hybridized carbons (Fsp3) is 0.579. The summed E-state index contributed by atoms with van der Waals surface area (Å²) in [7, 11) is 0. The lowest BCUT2D eigenvalue weighted by molar-refractivity contribution is 0.403. The van der Waals surface area contributed by atoms with Crippen molar-refractivity contribution in [1.29, 1.82) is 0 Å². The van der Waals surface area contributed by atoms with Crippen LogP contribution in [0.4, 0.5) is 0 Å². The Balaban J connectivity index is 2.56. The highest BCUT2D eigenvalue weighted by Gasteiger charge is 2.29. The Morgan fingerprint density at radius 1 is 0.750 bits per heavy atom. The van der Waals surface area contributed by atoms with E-state index in [0.717, 1.165) is 0 Å². The number of hydrogen-bond acceptors (Lipinski definition) is 0. The minimum absolute atomic E-state index is 0.637. The summed E-state index contributed by atoms with van der Waals surface area (Å²) in [6.07, 6.45) is 2.64. The molecule has 1 aliphatic rings. The Morgan fingerprint density at radius 3 is 2.00 bits per heavy atom. The Morgan fingerprint density at radius 2 is 1.35 bits per heavy atom. The normalized spacial score (nSPS) is 22.4. The number of nitrogens with zero attached hydrogens (tertiary/aromatic N) is 1. The van der Waals surface area contributed by atoms with Gasteiger partial charge in [0, 0.05) is 17.1 Å². The number of aryl methyl sites for hydroxylation is 3. The van der Waals surface area contributed by atoms with Gasteiger partial charge in [0.2, 0.25) is 0 Å². The number of benzene rings is 1. The monoisotopic (exact) mass is 269 g/mol. The molecule has 1 aromatic heterocycles. The molecule has 108 valence electrons. The van der Waals surface area contributed by atoms with E-state index in [-0.39, 0.29) is 0 Å². The van der Waals surface area contributed by atoms with Gasteiger partial charge in [-0.05, 0) is 88.1 Å². The van der Waals surface area contributed by atoms with E-state index in [1.165, 1.54) is 51.6 Å². The van der Waals surface area contributed by atoms with Crippen LogP contribution >= 0.6 is 0 Å². The minimum atomic E-state index is 0.637. The maximum atomic E-state index is 2.66. The maximum absolute atomic E-state index is 2.66. The van der Waals surface area contributed by atoms with Crippen molar-refractivity contribution in [3.8, 4) is 0 Å². The van der Waals surface area contributed by atoms with Crippen LogP contribution in [0.25, 0.3) is 10.9 Å². The number of aromatic nitrogens is 1. The van der Waals surface area contributed by atoms with E-state index in [1.54, 1.807) is 5.69 Å². The van der Waals surface area contributed by atoms with Gasteiger partial charge in [-0.1, -0.05) is 6.92 Å². The van der Waals surface area contributed by atoms with Gasteiger partial charge < -0.3 is 4.57 Å². The van der Waals surface area contributed by atoms with Gasteiger partial charge >= 0.3 is 0 Å². The molecule has 0 saturated heterocycles. The Bertz CT molecular complexity index is 703. The summed E-state index contributed by atoms with van der Waals surface area (Å²) in [5.74, 6) is 0.693. The molecule has 0 fully saturated rings. The molecular weight excluding hydrogens is 242 g/mol. The summed E-state index contributed by atoms with van der Waals surface area (Å²) in [5, 5.41) is 1.53. The second kappa shape index (κ2) is 4.38. The molecule has 0 bridgehead atoms. The van der Waals surface area contributed by atoms with Crippen LogP contribution in [0.2, 0.25) is 0 Å². The first kappa shape index (κ1) is 13.7. The second-order valence-corrected chi connectivity index (χ2v) is 6.93. The predicted molar refractivity (Wildman–Crippen MR) is 88.0 cm³/mol. The molecule has 20 heavy (non-hydrogen) atoms. The van der Waals surface area contributed by atoms with Crippen LogP contribution in [0.1, 0.15) is 72.2 Å². The van der Waals surface area contributed by atoms with Crippen molar-refractivity contribution in [3.63, 3.8) is 0 Å². The smallest absolute Gasteiger partial charge is 0.0523 e. The largest absolute Gasteiger partial charge is 0.341 e. The van der Waals surface area contributed by atoms with Crippen molar-refractivity contribution in [3.05, 3.63) is 33.5 Å². The lowest BCUT2D eigenvalue weighted by Gasteiger charge is -2.29. The van der Waals surface area contributed by atoms with Crippen LogP contribution in [-0.4, -0.2) is 4.57 Å². The van der Waals surface area contributed by atoms with E-state index in [1.807, 2.05) is 0 Å². The summed E-state index contributed by atoms with van der Waals surface area (Å²) < 4.78 is 2.66. The van der Waals surface area contributed by atoms with Gasteiger partial charge in [0.1, 0.15) is 0 Å². The third-order valence-corrected chi connectivity index (χ3v) is 5.84. The first-order valence-electron chi connectivity index (χ1n) is 7.97. The molecule has 1 nitrogen and oxygen atoms in total. The fourth-order valence-corrected chi connectivity index (χ4v) is 4.30. The highest BCUT2D eigenvalue weighted by Crippen LogP contribution is 2.44. The zero-order chi connectivity index (χ0) is 14.8. The highest BCUT2D eigenvalue weighted by atomic mass is 15.0. The van der Waals surface area contributed by atoms with Crippen molar-refractivity contribution in [2.45, 2.75) is 73.3 Å². The lowest BCUT2D eigenvalue weighted by Crippen LogP contribution is -2.18. The standard InChI is InChI=1S/C19H27N/c1-10-8-9-11(2)20-18(10)16(7)17-14(5)12(3)13(4)15(6)19(17)20/h10-11H,8-9H2,1-7H3/t10-,11?/m0/s1. The summed E-state index contributed by atoms with van der Waals surface area (Å²) in [6.45, 7) is 16.3. The van der Waals surface area contributed by atoms with Gasteiger partial charge in [0.05, 0.1) is 5.52 Å². The topological polar surface area (TPSA) is 4.93 Å². The molecule has 1 unspecified atom stereocenters. The third kappa shape index (κ3) is 1.55. The SMILES string of the molecule is Cc1c(C)c(C)c2c(c1C)c(C)c1n2C(C)CC[C@@H]1C. The van der Waals surface area contributed by atoms with Crippen LogP contribution in [0.5, 0.6) is 0 Å². The summed E-state index contributed by atoms with van der Waals surface area (Å²) in [5.41, 5.74) is 10.6. The predicted octanol–water partition coefficient (Wildman–Crippen LogP) is 5.64. The Hall–Kier alpha value is -1.24. The molecule has 0 saturated carbocycles. The van der Waals surface area contributed by atoms with Crippen LogP contribution in [0.15, 0.2) is 0 Å². The maximum Gasteiger partial charge on any atom is 0.0523 e. The summed E-state index contributed by atoms with van der Waals surface area (Å²) in [4.78, 5) is 0. The van der Waals surface area contributed by atoms with Crippen LogP contribution in [-0.2, 0) is 0 Å². The molecule has 0 spiro atoms. The summed E-state index contributed by atoms with van der Waals surface area (Å²) >= 11 is 0. The molecule has 3 rings (SSSR count). The van der Waals surface area contributed by atoms with E-state index in [4.69, 9.17) is 0 Å². The van der Waals surface area contributed by atoms with E-state index in [9.17, 15) is 0 Å². The van der Waals surface area contributed by atoms with E-state index in [0.29, 0.717) is 12.0 Å². The molecule has 2 aromatic rings. The van der Waals surface area contributed by atoms with Gasteiger partial charge in [0.15, 0.2) is 0 Å². The van der Waals surface area contributed by atoms with Crippen molar-refractivity contribution < 1.29 is 0 Å². The molecule has 0 amide bonds. The quantitative estimate of drug-likeness (QED) is 0.583. The first-order valence-corrected chi connectivity index (χ1v) is 7.97. The minimum Gasteiger partial charge on any atom is -0.341 e. The highest BCUT2D eigenvalue weighted by molar-refractivity contribution is 5.93. The fourth-order valence-electron chi connectivity index (χ4n) is 4.30. The van der Waals surface area contributed by atoms with Gasteiger partial charge in [0.25, 0.3) is 0 Å². The van der Waals surface area contributed by atoms with Gasteiger partial charge in [-0.2, -0.15) is 0 Å². The average molecular weight is 269 g/mol. The van der Waals surface area contributed by atoms with Crippen molar-refractivity contribution in [1.82, 2.24) is 4.57 Å². The Kier molecular flexibility index (Phi) is 3.00. The molecular formula is C19H27N. The van der Waals surface area contributed by atoms with E-state index < -0.39 is 0 Å². The van der Waals surface area contributed by atoms with Gasteiger partial charge in [-0.3, -0.25) is 0 Å². The first-order chi connectivity index (χ1) is 9.36. The van der Waals surface area contributed by atoms with E-state index >= 15 is 0 Å². The zero-order valence-electron chi connectivity index (χ0n) is 14.0. The second-order valence-electron chi connectivity index (χ2n) is 6.93. The molecule has 0 aliphatic carbocycles. The Labute approximate surface area is 123 Å². The van der Waals surface area contributed by atoms with Crippen LogP contribution in [0, 0.1) is 34.6 Å². The van der Waals surface area contributed by atoms with Crippen LogP contribution < -0.4 is 0 Å². The van der Waals surface area contributed by atoms with Gasteiger partial charge in [-0.25, -0.2) is 0 Å². The number of fused-ring (bicyclic) bond motifs is 3. The van der Waals surface area contributed by atoms with Crippen LogP contribution in [0.3, 0.4) is 0 Å². The molecule has 2 atom stereocenters. The zero-order valence-corrected chi connectivity index (χ0v) is 14.0. The van der Waals surface area contributed by atoms with Gasteiger partial charge in [-0.15, -0.1) is 0 Å². The summed E-state index contributed by atoms with van der Waals surface area (Å²) in [6, 6.07) is 0.637. The molecule has 1 aliphatic heterocycles. The lowest BCUT2D eigenvalue weighted by atomic mass is 9.91. The third-order valence-electron chi connectivity index (χ3n) is 5.84. The number of rotatable bonds is 0.